The van der Waals surface area contributed by atoms with E-state index in [-0.39, 0.29) is 5.54 Å². The molecule has 19 heavy (non-hydrogen) atoms. The molecule has 0 aliphatic heterocycles. The van der Waals surface area contributed by atoms with Gasteiger partial charge in [-0.1, -0.05) is 18.2 Å². The summed E-state index contributed by atoms with van der Waals surface area (Å²) in [6.07, 6.45) is 2.84. The molecule has 5 heteroatoms. The lowest BCUT2D eigenvalue weighted by atomic mass is 10.1. The molecule has 0 fully saturated rings. The molecule has 100 valence electrons. The number of nitrogens with zero attached hydrogens (tertiary/aromatic N) is 2. The molecule has 1 heterocycles. The highest BCUT2D eigenvalue weighted by molar-refractivity contribution is 5.85. The van der Waals surface area contributed by atoms with Crippen LogP contribution in [0.2, 0.25) is 0 Å². The molecule has 1 amide bonds. The van der Waals surface area contributed by atoms with E-state index in [1.165, 1.54) is 0 Å². The molecule has 5 nitrogen and oxygen atoms in total. The summed E-state index contributed by atoms with van der Waals surface area (Å²) >= 11 is 0. The summed E-state index contributed by atoms with van der Waals surface area (Å²) in [7, 11) is 0. The van der Waals surface area contributed by atoms with Crippen molar-refractivity contribution in [1.29, 1.82) is 0 Å². The number of aromatic nitrogens is 2. The molecule has 0 spiro atoms. The van der Waals surface area contributed by atoms with Crippen LogP contribution in [-0.4, -0.2) is 15.9 Å². The predicted molar refractivity (Wildman–Crippen MR) is 73.3 cm³/mol. The third kappa shape index (κ3) is 3.58. The Morgan fingerprint density at radius 1 is 1.26 bits per heavy atom. The van der Waals surface area contributed by atoms with Crippen LogP contribution in [0.3, 0.4) is 0 Å². The van der Waals surface area contributed by atoms with E-state index in [4.69, 9.17) is 4.74 Å². The van der Waals surface area contributed by atoms with Crippen molar-refractivity contribution >= 4 is 11.8 Å². The number of rotatable bonds is 2. The third-order valence-electron chi connectivity index (χ3n) is 2.47. The van der Waals surface area contributed by atoms with E-state index in [1.54, 1.807) is 41.3 Å². The Labute approximate surface area is 112 Å². The average molecular weight is 259 g/mol. The SMILES string of the molecule is CC(C)(C)n1cc(NC(=O)Oc2ccccc2)cn1. The summed E-state index contributed by atoms with van der Waals surface area (Å²) in [5, 5.41) is 6.83. The zero-order valence-corrected chi connectivity index (χ0v) is 11.3. The minimum Gasteiger partial charge on any atom is -0.410 e. The van der Waals surface area contributed by atoms with Crippen molar-refractivity contribution in [1.82, 2.24) is 9.78 Å². The summed E-state index contributed by atoms with van der Waals surface area (Å²) < 4.78 is 6.91. The van der Waals surface area contributed by atoms with Gasteiger partial charge in [0.15, 0.2) is 0 Å². The lowest BCUT2D eigenvalue weighted by Gasteiger charge is -2.18. The third-order valence-corrected chi connectivity index (χ3v) is 2.47. The molecule has 1 aromatic heterocycles. The van der Waals surface area contributed by atoms with Crippen molar-refractivity contribution < 1.29 is 9.53 Å². The Kier molecular flexibility index (Phi) is 3.55. The molecule has 0 bridgehead atoms. The van der Waals surface area contributed by atoms with E-state index in [0.29, 0.717) is 11.4 Å². The standard InChI is InChI=1S/C14H17N3O2/c1-14(2,3)17-10-11(9-15-17)16-13(18)19-12-7-5-4-6-8-12/h4-10H,1-3H3,(H,16,18). The first-order valence-corrected chi connectivity index (χ1v) is 6.04. The summed E-state index contributed by atoms with van der Waals surface area (Å²) in [6, 6.07) is 8.91. The van der Waals surface area contributed by atoms with Gasteiger partial charge in [0.2, 0.25) is 0 Å². The Morgan fingerprint density at radius 2 is 1.95 bits per heavy atom. The Balaban J connectivity index is 1.98. The smallest absolute Gasteiger partial charge is 0.410 e. The van der Waals surface area contributed by atoms with E-state index in [2.05, 4.69) is 10.4 Å². The van der Waals surface area contributed by atoms with Crippen LogP contribution in [0.15, 0.2) is 42.7 Å². The molecule has 2 aromatic rings. The van der Waals surface area contributed by atoms with Gasteiger partial charge in [0.05, 0.1) is 17.4 Å². The maximum atomic E-state index is 11.7. The van der Waals surface area contributed by atoms with Gasteiger partial charge in [-0.15, -0.1) is 0 Å². The number of hydrogen-bond donors (Lipinski definition) is 1. The van der Waals surface area contributed by atoms with Gasteiger partial charge < -0.3 is 4.74 Å². The quantitative estimate of drug-likeness (QED) is 0.900. The van der Waals surface area contributed by atoms with Crippen LogP contribution < -0.4 is 10.1 Å². The van der Waals surface area contributed by atoms with E-state index >= 15 is 0 Å². The van der Waals surface area contributed by atoms with Crippen molar-refractivity contribution in [2.24, 2.45) is 0 Å². The fourth-order valence-electron chi connectivity index (χ4n) is 1.49. The van der Waals surface area contributed by atoms with Gasteiger partial charge in [-0.25, -0.2) is 4.79 Å². The minimum atomic E-state index is -0.528. The van der Waals surface area contributed by atoms with Crippen molar-refractivity contribution in [3.63, 3.8) is 0 Å². The summed E-state index contributed by atoms with van der Waals surface area (Å²) in [6.45, 7) is 6.10. The van der Waals surface area contributed by atoms with Crippen LogP contribution in [0.25, 0.3) is 0 Å². The number of carbonyl (C=O) groups excluding carboxylic acids is 1. The van der Waals surface area contributed by atoms with Crippen molar-refractivity contribution in [3.05, 3.63) is 42.7 Å². The molecule has 0 saturated heterocycles. The molecular formula is C14H17N3O2. The average Bonchev–Trinajstić information content (AvgIpc) is 2.78. The normalized spacial score (nSPS) is 11.1. The maximum absolute atomic E-state index is 11.7. The maximum Gasteiger partial charge on any atom is 0.417 e. The van der Waals surface area contributed by atoms with Crippen LogP contribution in [0.4, 0.5) is 10.5 Å². The molecular weight excluding hydrogens is 242 g/mol. The second kappa shape index (κ2) is 5.14. The number of benzene rings is 1. The van der Waals surface area contributed by atoms with Crippen LogP contribution in [0, 0.1) is 0 Å². The second-order valence-electron chi connectivity index (χ2n) is 5.17. The van der Waals surface area contributed by atoms with Crippen LogP contribution in [-0.2, 0) is 5.54 Å². The number of anilines is 1. The van der Waals surface area contributed by atoms with Gasteiger partial charge in [-0.2, -0.15) is 5.10 Å². The molecule has 1 N–H and O–H groups in total. The van der Waals surface area contributed by atoms with Crippen molar-refractivity contribution in [2.45, 2.75) is 26.3 Å². The van der Waals surface area contributed by atoms with Gasteiger partial charge >= 0.3 is 6.09 Å². The number of nitrogens with one attached hydrogen (secondary N) is 1. The van der Waals surface area contributed by atoms with Crippen LogP contribution in [0.1, 0.15) is 20.8 Å². The number of carbonyl (C=O) groups is 1. The fourth-order valence-corrected chi connectivity index (χ4v) is 1.49. The summed E-state index contributed by atoms with van der Waals surface area (Å²) in [5.41, 5.74) is 0.486. The highest BCUT2D eigenvalue weighted by atomic mass is 16.6. The zero-order chi connectivity index (χ0) is 13.9. The van der Waals surface area contributed by atoms with E-state index in [0.717, 1.165) is 0 Å². The van der Waals surface area contributed by atoms with E-state index in [9.17, 15) is 4.79 Å². The van der Waals surface area contributed by atoms with E-state index < -0.39 is 6.09 Å². The first-order chi connectivity index (χ1) is 8.95. The molecule has 0 aliphatic carbocycles. The Bertz CT molecular complexity index is 556. The van der Waals surface area contributed by atoms with Crippen molar-refractivity contribution in [3.8, 4) is 5.75 Å². The minimum absolute atomic E-state index is 0.122. The largest absolute Gasteiger partial charge is 0.417 e. The van der Waals surface area contributed by atoms with Gasteiger partial charge in [-0.3, -0.25) is 10.00 Å². The number of hydrogen-bond acceptors (Lipinski definition) is 3. The fraction of sp³-hybridized carbons (Fsp3) is 0.286. The molecule has 0 unspecified atom stereocenters. The van der Waals surface area contributed by atoms with Crippen LogP contribution in [0.5, 0.6) is 5.75 Å². The van der Waals surface area contributed by atoms with Gasteiger partial charge in [0.25, 0.3) is 0 Å². The van der Waals surface area contributed by atoms with Gasteiger partial charge in [-0.05, 0) is 32.9 Å². The molecule has 0 aliphatic rings. The lowest BCUT2D eigenvalue weighted by Crippen LogP contribution is -2.22. The predicted octanol–water partition coefficient (Wildman–Crippen LogP) is 3.25. The summed E-state index contributed by atoms with van der Waals surface area (Å²) in [4.78, 5) is 11.7. The Hall–Kier alpha value is -2.30. The highest BCUT2D eigenvalue weighted by Crippen LogP contribution is 2.16. The molecule has 0 saturated carbocycles. The molecule has 0 radical (unpaired) electrons. The lowest BCUT2D eigenvalue weighted by molar-refractivity contribution is 0.215. The Morgan fingerprint density at radius 3 is 2.53 bits per heavy atom. The topological polar surface area (TPSA) is 56.2 Å². The monoisotopic (exact) mass is 259 g/mol. The van der Waals surface area contributed by atoms with Crippen molar-refractivity contribution in [2.75, 3.05) is 5.32 Å². The molecule has 1 aromatic carbocycles. The molecule has 2 rings (SSSR count). The second-order valence-corrected chi connectivity index (χ2v) is 5.17. The summed E-state index contributed by atoms with van der Waals surface area (Å²) in [5.74, 6) is 0.503. The zero-order valence-electron chi connectivity index (χ0n) is 11.3. The highest BCUT2D eigenvalue weighted by Gasteiger charge is 2.15. The number of ether oxygens (including phenoxy) is 1. The number of amides is 1. The number of para-hydroxylation sites is 1. The first kappa shape index (κ1) is 13.1. The first-order valence-electron chi connectivity index (χ1n) is 6.04. The van der Waals surface area contributed by atoms with Gasteiger partial charge in [0.1, 0.15) is 5.75 Å². The van der Waals surface area contributed by atoms with Crippen LogP contribution >= 0.6 is 0 Å². The van der Waals surface area contributed by atoms with E-state index in [1.807, 2.05) is 26.8 Å². The molecule has 0 atom stereocenters. The van der Waals surface area contributed by atoms with Gasteiger partial charge in [0, 0.05) is 6.20 Å².